The Morgan fingerprint density at radius 1 is 1.40 bits per heavy atom. The summed E-state index contributed by atoms with van der Waals surface area (Å²) < 4.78 is 5.79. The van der Waals surface area contributed by atoms with E-state index in [-0.39, 0.29) is 0 Å². The molecule has 0 heterocycles. The second-order valence-corrected chi connectivity index (χ2v) is 4.58. The average molecular weight is 238 g/mol. The SMILES string of the molecule is COc1ccc(SC(=NC#N)SC)cc1. The fourth-order valence-corrected chi connectivity index (χ4v) is 2.21. The molecule has 5 heteroatoms. The lowest BCUT2D eigenvalue weighted by Crippen LogP contribution is -1.85. The van der Waals surface area contributed by atoms with E-state index < -0.39 is 0 Å². The van der Waals surface area contributed by atoms with E-state index >= 15 is 0 Å². The van der Waals surface area contributed by atoms with Gasteiger partial charge in [0.1, 0.15) is 10.1 Å². The minimum Gasteiger partial charge on any atom is -0.497 e. The van der Waals surface area contributed by atoms with Crippen LogP contribution in [0.2, 0.25) is 0 Å². The average Bonchev–Trinajstić information content (AvgIpc) is 2.29. The standard InChI is InChI=1S/C10H10N2OS2/c1-13-8-3-5-9(6-4-8)15-10(14-2)12-7-11/h3-6H,1-2H3. The molecule has 1 aromatic carbocycles. The van der Waals surface area contributed by atoms with Crippen LogP contribution >= 0.6 is 23.5 Å². The van der Waals surface area contributed by atoms with E-state index in [0.29, 0.717) is 0 Å². The molecule has 0 amide bonds. The Balaban J connectivity index is 2.72. The number of thioether (sulfide) groups is 2. The Hall–Kier alpha value is -1.12. The van der Waals surface area contributed by atoms with Gasteiger partial charge in [-0.1, -0.05) is 11.8 Å². The van der Waals surface area contributed by atoms with Gasteiger partial charge in [0.2, 0.25) is 6.19 Å². The first-order valence-electron chi connectivity index (χ1n) is 4.13. The minimum absolute atomic E-state index is 0.739. The summed E-state index contributed by atoms with van der Waals surface area (Å²) in [6.07, 6.45) is 3.68. The molecule has 1 rings (SSSR count). The van der Waals surface area contributed by atoms with E-state index in [1.807, 2.05) is 30.5 Å². The zero-order valence-electron chi connectivity index (χ0n) is 8.43. The van der Waals surface area contributed by atoms with Crippen molar-refractivity contribution in [2.75, 3.05) is 13.4 Å². The Bertz CT molecular complexity index is 381. The lowest BCUT2D eigenvalue weighted by Gasteiger charge is -2.02. The molecule has 0 saturated carbocycles. The third-order valence-corrected chi connectivity index (χ3v) is 3.54. The summed E-state index contributed by atoms with van der Waals surface area (Å²) in [5, 5.41) is 8.44. The van der Waals surface area contributed by atoms with Crippen LogP contribution in [0.5, 0.6) is 5.75 Å². The number of hydrogen-bond donors (Lipinski definition) is 0. The Morgan fingerprint density at radius 3 is 2.53 bits per heavy atom. The molecule has 15 heavy (non-hydrogen) atoms. The first-order valence-corrected chi connectivity index (χ1v) is 6.17. The number of benzene rings is 1. The molecule has 3 nitrogen and oxygen atoms in total. The quantitative estimate of drug-likeness (QED) is 0.344. The van der Waals surface area contributed by atoms with Crippen LogP contribution in [0.25, 0.3) is 0 Å². The summed E-state index contributed by atoms with van der Waals surface area (Å²) in [7, 11) is 1.63. The smallest absolute Gasteiger partial charge is 0.207 e. The highest BCUT2D eigenvalue weighted by atomic mass is 32.2. The lowest BCUT2D eigenvalue weighted by molar-refractivity contribution is 0.414. The number of hydrogen-bond acceptors (Lipinski definition) is 5. The second-order valence-electron chi connectivity index (χ2n) is 2.46. The Labute approximate surface area is 97.5 Å². The van der Waals surface area contributed by atoms with Crippen LogP contribution in [0.4, 0.5) is 0 Å². The van der Waals surface area contributed by atoms with Gasteiger partial charge in [-0.2, -0.15) is 10.3 Å². The van der Waals surface area contributed by atoms with Crippen molar-refractivity contribution in [2.24, 2.45) is 4.99 Å². The summed E-state index contributed by atoms with van der Waals surface area (Å²) in [6.45, 7) is 0. The van der Waals surface area contributed by atoms with Gasteiger partial charge >= 0.3 is 0 Å². The van der Waals surface area contributed by atoms with E-state index in [1.165, 1.54) is 23.5 Å². The largest absolute Gasteiger partial charge is 0.497 e. The molecule has 0 N–H and O–H groups in total. The monoisotopic (exact) mass is 238 g/mol. The van der Waals surface area contributed by atoms with Crippen molar-refractivity contribution in [3.8, 4) is 11.9 Å². The van der Waals surface area contributed by atoms with Crippen LogP contribution in [0.1, 0.15) is 0 Å². The molecule has 0 spiro atoms. The van der Waals surface area contributed by atoms with Gasteiger partial charge in [0.25, 0.3) is 0 Å². The number of nitriles is 1. The highest BCUT2D eigenvalue weighted by Crippen LogP contribution is 2.26. The van der Waals surface area contributed by atoms with Gasteiger partial charge < -0.3 is 4.74 Å². The molecule has 0 fully saturated rings. The van der Waals surface area contributed by atoms with Crippen molar-refractivity contribution >= 4 is 27.9 Å². The fraction of sp³-hybridized carbons (Fsp3) is 0.200. The molecule has 0 aliphatic carbocycles. The topological polar surface area (TPSA) is 45.4 Å². The molecule has 0 aromatic heterocycles. The van der Waals surface area contributed by atoms with Crippen molar-refractivity contribution in [1.82, 2.24) is 0 Å². The van der Waals surface area contributed by atoms with Crippen molar-refractivity contribution in [3.05, 3.63) is 24.3 Å². The molecule has 1 aromatic rings. The van der Waals surface area contributed by atoms with Crippen LogP contribution in [-0.4, -0.2) is 17.7 Å². The van der Waals surface area contributed by atoms with Crippen LogP contribution in [0.15, 0.2) is 34.2 Å². The van der Waals surface area contributed by atoms with Crippen molar-refractivity contribution < 1.29 is 4.74 Å². The van der Waals surface area contributed by atoms with Crippen molar-refractivity contribution in [2.45, 2.75) is 4.90 Å². The van der Waals surface area contributed by atoms with Crippen LogP contribution in [0.3, 0.4) is 0 Å². The van der Waals surface area contributed by atoms with Gasteiger partial charge in [0.15, 0.2) is 0 Å². The maximum Gasteiger partial charge on any atom is 0.207 e. The van der Waals surface area contributed by atoms with Gasteiger partial charge in [-0.15, -0.1) is 11.8 Å². The van der Waals surface area contributed by atoms with Gasteiger partial charge in [0.05, 0.1) is 7.11 Å². The number of aliphatic imine (C=N–C) groups is 1. The molecule has 78 valence electrons. The third-order valence-electron chi connectivity index (χ3n) is 1.58. The molecule has 0 radical (unpaired) electrons. The number of rotatable bonds is 2. The summed E-state index contributed by atoms with van der Waals surface area (Å²) in [4.78, 5) is 4.74. The van der Waals surface area contributed by atoms with E-state index in [9.17, 15) is 0 Å². The predicted octanol–water partition coefficient (Wildman–Crippen LogP) is 2.99. The number of ether oxygens (including phenoxy) is 1. The van der Waals surface area contributed by atoms with Crippen molar-refractivity contribution in [1.29, 1.82) is 5.26 Å². The van der Waals surface area contributed by atoms with Gasteiger partial charge in [0, 0.05) is 4.90 Å². The summed E-state index contributed by atoms with van der Waals surface area (Å²) in [6, 6.07) is 7.64. The van der Waals surface area contributed by atoms with Gasteiger partial charge in [-0.25, -0.2) is 0 Å². The zero-order valence-corrected chi connectivity index (χ0v) is 10.1. The first kappa shape index (κ1) is 12.0. The normalized spacial score (nSPS) is 10.9. The molecule has 0 aliphatic rings. The highest BCUT2D eigenvalue weighted by Gasteiger charge is 2.01. The summed E-state index contributed by atoms with van der Waals surface area (Å²) in [5.41, 5.74) is 0. The summed E-state index contributed by atoms with van der Waals surface area (Å²) >= 11 is 2.93. The molecule has 0 atom stereocenters. The molecule has 0 unspecified atom stereocenters. The first-order chi connectivity index (χ1) is 7.30. The summed E-state index contributed by atoms with van der Waals surface area (Å²) in [5.74, 6) is 0.822. The third kappa shape index (κ3) is 3.86. The van der Waals surface area contributed by atoms with Gasteiger partial charge in [-0.3, -0.25) is 0 Å². The van der Waals surface area contributed by atoms with Crippen molar-refractivity contribution in [3.63, 3.8) is 0 Å². The predicted molar refractivity (Wildman–Crippen MR) is 65.4 cm³/mol. The Morgan fingerprint density at radius 2 is 2.07 bits per heavy atom. The minimum atomic E-state index is 0.739. The molecule has 0 saturated heterocycles. The maximum atomic E-state index is 8.44. The molecule has 0 bridgehead atoms. The van der Waals surface area contributed by atoms with E-state index in [2.05, 4.69) is 4.99 Å². The maximum absolute atomic E-state index is 8.44. The van der Waals surface area contributed by atoms with Gasteiger partial charge in [-0.05, 0) is 30.5 Å². The highest BCUT2D eigenvalue weighted by molar-refractivity contribution is 8.38. The second kappa shape index (κ2) is 6.38. The fourth-order valence-electron chi connectivity index (χ4n) is 0.896. The van der Waals surface area contributed by atoms with Crippen LogP contribution < -0.4 is 4.74 Å². The lowest BCUT2D eigenvalue weighted by atomic mass is 10.3. The van der Waals surface area contributed by atoms with E-state index in [1.54, 1.807) is 13.3 Å². The number of methoxy groups -OCH3 is 1. The van der Waals surface area contributed by atoms with E-state index in [0.717, 1.165) is 15.0 Å². The van der Waals surface area contributed by atoms with Crippen LogP contribution in [-0.2, 0) is 0 Å². The molecular formula is C10H10N2OS2. The zero-order chi connectivity index (χ0) is 11.1. The van der Waals surface area contributed by atoms with Crippen LogP contribution in [0, 0.1) is 11.5 Å². The molecule has 0 aliphatic heterocycles. The molecular weight excluding hydrogens is 228 g/mol. The Kier molecular flexibility index (Phi) is 5.08. The number of nitrogens with zero attached hydrogens (tertiary/aromatic N) is 2. The van der Waals surface area contributed by atoms with E-state index in [4.69, 9.17) is 10.00 Å².